The number of benzene rings is 1. The second-order valence-corrected chi connectivity index (χ2v) is 6.81. The molecular weight excluding hydrogens is 284 g/mol. The van der Waals surface area contributed by atoms with Crippen LogP contribution < -0.4 is 5.32 Å². The summed E-state index contributed by atoms with van der Waals surface area (Å²) < 4.78 is 0. The molecule has 1 aliphatic rings. The van der Waals surface area contributed by atoms with Gasteiger partial charge in [0.1, 0.15) is 0 Å². The highest BCUT2D eigenvalue weighted by Crippen LogP contribution is 2.21. The van der Waals surface area contributed by atoms with Gasteiger partial charge in [-0.2, -0.15) is 11.8 Å². The fourth-order valence-electron chi connectivity index (χ4n) is 2.40. The molecule has 0 spiro atoms. The summed E-state index contributed by atoms with van der Waals surface area (Å²) in [5.74, 6) is 2.26. The number of rotatable bonds is 6. The van der Waals surface area contributed by atoms with Crippen LogP contribution >= 0.6 is 11.8 Å². The zero-order chi connectivity index (χ0) is 15.2. The van der Waals surface area contributed by atoms with E-state index in [2.05, 4.69) is 10.2 Å². The number of carbonyl (C=O) groups is 1. The van der Waals surface area contributed by atoms with Crippen LogP contribution in [0.15, 0.2) is 24.3 Å². The highest BCUT2D eigenvalue weighted by atomic mass is 32.2. The van der Waals surface area contributed by atoms with Gasteiger partial charge in [0, 0.05) is 18.3 Å². The molecular formula is C16H24N2O2S. The molecule has 1 aliphatic heterocycles. The number of aliphatic hydroxyl groups is 1. The van der Waals surface area contributed by atoms with Crippen LogP contribution in [0.25, 0.3) is 0 Å². The summed E-state index contributed by atoms with van der Waals surface area (Å²) >= 11 is 1.94. The molecule has 2 N–H and O–H groups in total. The van der Waals surface area contributed by atoms with Crippen molar-refractivity contribution in [1.29, 1.82) is 0 Å². The van der Waals surface area contributed by atoms with E-state index in [0.717, 1.165) is 23.3 Å². The van der Waals surface area contributed by atoms with Crippen LogP contribution in [0, 0.1) is 6.92 Å². The van der Waals surface area contributed by atoms with E-state index in [-0.39, 0.29) is 12.5 Å². The van der Waals surface area contributed by atoms with Crippen molar-refractivity contribution >= 4 is 17.7 Å². The summed E-state index contributed by atoms with van der Waals surface area (Å²) in [6, 6.07) is 8.22. The van der Waals surface area contributed by atoms with Gasteiger partial charge in [-0.1, -0.05) is 29.8 Å². The molecule has 5 heteroatoms. The van der Waals surface area contributed by atoms with Gasteiger partial charge in [-0.25, -0.2) is 0 Å². The molecule has 2 unspecified atom stereocenters. The summed E-state index contributed by atoms with van der Waals surface area (Å²) in [5.41, 5.74) is 1.99. The van der Waals surface area contributed by atoms with E-state index >= 15 is 0 Å². The number of hydrogen-bond acceptors (Lipinski definition) is 4. The molecule has 4 nitrogen and oxygen atoms in total. The van der Waals surface area contributed by atoms with Crippen molar-refractivity contribution in [2.45, 2.75) is 25.5 Å². The Balaban J connectivity index is 1.74. The summed E-state index contributed by atoms with van der Waals surface area (Å²) in [4.78, 5) is 14.0. The van der Waals surface area contributed by atoms with E-state index in [1.165, 1.54) is 5.75 Å². The molecule has 0 radical (unpaired) electrons. The number of nitrogens with one attached hydrogen (secondary N) is 1. The third kappa shape index (κ3) is 5.02. The fraction of sp³-hybridized carbons (Fsp3) is 0.562. The smallest absolute Gasteiger partial charge is 0.234 e. The van der Waals surface area contributed by atoms with Crippen molar-refractivity contribution in [2.75, 3.05) is 31.6 Å². The Morgan fingerprint density at radius 2 is 2.19 bits per heavy atom. The number of hydrogen-bond donors (Lipinski definition) is 2. The number of aryl methyl sites for hydroxylation is 1. The number of thioether (sulfide) groups is 1. The van der Waals surface area contributed by atoms with Gasteiger partial charge >= 0.3 is 0 Å². The minimum Gasteiger partial charge on any atom is -0.387 e. The molecule has 116 valence electrons. The zero-order valence-corrected chi connectivity index (χ0v) is 13.5. The summed E-state index contributed by atoms with van der Waals surface area (Å²) in [6.07, 6.45) is 0.502. The zero-order valence-electron chi connectivity index (χ0n) is 12.7. The van der Waals surface area contributed by atoms with E-state index in [9.17, 15) is 9.90 Å². The minimum absolute atomic E-state index is 0.0273. The first-order valence-electron chi connectivity index (χ1n) is 7.35. The highest BCUT2D eigenvalue weighted by molar-refractivity contribution is 7.99. The summed E-state index contributed by atoms with van der Waals surface area (Å²) in [7, 11) is 1.99. The Morgan fingerprint density at radius 3 is 2.81 bits per heavy atom. The van der Waals surface area contributed by atoms with E-state index in [1.807, 2.05) is 50.0 Å². The average molecular weight is 308 g/mol. The van der Waals surface area contributed by atoms with Gasteiger partial charge in [-0.3, -0.25) is 9.69 Å². The minimum atomic E-state index is -0.651. The number of amides is 1. The van der Waals surface area contributed by atoms with Gasteiger partial charge in [0.05, 0.1) is 12.6 Å². The Bertz CT molecular complexity index is 458. The first-order valence-corrected chi connectivity index (χ1v) is 8.51. The first-order chi connectivity index (χ1) is 10.1. The van der Waals surface area contributed by atoms with Crippen molar-refractivity contribution in [1.82, 2.24) is 10.2 Å². The van der Waals surface area contributed by atoms with Gasteiger partial charge in [0.15, 0.2) is 0 Å². The van der Waals surface area contributed by atoms with Crippen LogP contribution in [-0.4, -0.2) is 53.6 Å². The van der Waals surface area contributed by atoms with Crippen molar-refractivity contribution in [3.8, 4) is 0 Å². The maximum atomic E-state index is 11.9. The van der Waals surface area contributed by atoms with Crippen molar-refractivity contribution < 1.29 is 9.90 Å². The molecule has 21 heavy (non-hydrogen) atoms. The van der Waals surface area contributed by atoms with Gasteiger partial charge in [-0.05, 0) is 31.7 Å². The van der Waals surface area contributed by atoms with Crippen LogP contribution in [0.1, 0.15) is 23.7 Å². The predicted octanol–water partition coefficient (Wildman–Crippen LogP) is 1.58. The Kier molecular flexibility index (Phi) is 6.08. The second kappa shape index (κ2) is 7.82. The second-order valence-electron chi connectivity index (χ2n) is 5.66. The van der Waals surface area contributed by atoms with Gasteiger partial charge < -0.3 is 10.4 Å². The lowest BCUT2D eigenvalue weighted by atomic mass is 10.1. The molecule has 0 aromatic heterocycles. The number of nitrogens with zero attached hydrogens (tertiary/aromatic N) is 1. The monoisotopic (exact) mass is 308 g/mol. The Morgan fingerprint density at radius 1 is 1.48 bits per heavy atom. The normalized spacial score (nSPS) is 19.7. The molecule has 2 rings (SSSR count). The SMILES string of the molecule is Cc1ccc(C(O)CNC(=O)CN(C)C2CCSC2)cc1. The predicted molar refractivity (Wildman–Crippen MR) is 87.5 cm³/mol. The molecule has 0 saturated carbocycles. The largest absolute Gasteiger partial charge is 0.387 e. The molecule has 1 fully saturated rings. The molecule has 1 amide bonds. The van der Waals surface area contributed by atoms with Crippen molar-refractivity contribution in [3.05, 3.63) is 35.4 Å². The lowest BCUT2D eigenvalue weighted by Gasteiger charge is -2.23. The summed E-state index contributed by atoms with van der Waals surface area (Å²) in [5, 5.41) is 12.9. The first kappa shape index (κ1) is 16.3. The maximum absolute atomic E-state index is 11.9. The topological polar surface area (TPSA) is 52.6 Å². The van der Waals surface area contributed by atoms with Crippen molar-refractivity contribution in [2.24, 2.45) is 0 Å². The average Bonchev–Trinajstić information content (AvgIpc) is 3.00. The maximum Gasteiger partial charge on any atom is 0.234 e. The number of carbonyl (C=O) groups excluding carboxylic acids is 1. The standard InChI is InChI=1S/C16H24N2O2S/c1-12-3-5-13(6-4-12)15(19)9-17-16(20)10-18(2)14-7-8-21-11-14/h3-6,14-15,19H,7-11H2,1-2H3,(H,17,20). The molecule has 0 bridgehead atoms. The highest BCUT2D eigenvalue weighted by Gasteiger charge is 2.21. The quantitative estimate of drug-likeness (QED) is 0.838. The van der Waals surface area contributed by atoms with E-state index in [0.29, 0.717) is 12.6 Å². The van der Waals surface area contributed by atoms with E-state index < -0.39 is 6.10 Å². The molecule has 2 atom stereocenters. The number of aliphatic hydroxyl groups excluding tert-OH is 1. The fourth-order valence-corrected chi connectivity index (χ4v) is 3.70. The lowest BCUT2D eigenvalue weighted by molar-refractivity contribution is -0.122. The van der Waals surface area contributed by atoms with Gasteiger partial charge in [-0.15, -0.1) is 0 Å². The third-order valence-electron chi connectivity index (χ3n) is 3.88. The van der Waals surface area contributed by atoms with Crippen molar-refractivity contribution in [3.63, 3.8) is 0 Å². The molecule has 0 aliphatic carbocycles. The lowest BCUT2D eigenvalue weighted by Crippen LogP contribution is -2.41. The van der Waals surface area contributed by atoms with Crippen LogP contribution in [0.5, 0.6) is 0 Å². The van der Waals surface area contributed by atoms with E-state index in [1.54, 1.807) is 0 Å². The molecule has 1 aromatic rings. The number of likely N-dealkylation sites (N-methyl/N-ethyl adjacent to an activating group) is 1. The van der Waals surface area contributed by atoms with E-state index in [4.69, 9.17) is 0 Å². The van der Waals surface area contributed by atoms with Gasteiger partial charge in [0.2, 0.25) is 5.91 Å². The molecule has 1 aromatic carbocycles. The van der Waals surface area contributed by atoms with Crippen LogP contribution in [0.3, 0.4) is 0 Å². The third-order valence-corrected chi connectivity index (χ3v) is 5.02. The van der Waals surface area contributed by atoms with Crippen LogP contribution in [-0.2, 0) is 4.79 Å². The Hall–Kier alpha value is -1.04. The molecule has 1 heterocycles. The van der Waals surface area contributed by atoms with Crippen LogP contribution in [0.4, 0.5) is 0 Å². The molecule has 1 saturated heterocycles. The Labute approximate surface area is 130 Å². The van der Waals surface area contributed by atoms with Gasteiger partial charge in [0.25, 0.3) is 0 Å². The summed E-state index contributed by atoms with van der Waals surface area (Å²) in [6.45, 7) is 2.66. The van der Waals surface area contributed by atoms with Crippen LogP contribution in [0.2, 0.25) is 0 Å².